The minimum atomic E-state index is -0.229. The van der Waals surface area contributed by atoms with Crippen molar-refractivity contribution in [3.8, 4) is 5.75 Å². The number of hydrazone groups is 1. The van der Waals surface area contributed by atoms with E-state index in [1.54, 1.807) is 18.3 Å². The summed E-state index contributed by atoms with van der Waals surface area (Å²) in [6.07, 6.45) is 8.13. The largest absolute Gasteiger partial charge is 0.489 e. The summed E-state index contributed by atoms with van der Waals surface area (Å²) in [5.74, 6) is 0.325. The van der Waals surface area contributed by atoms with Gasteiger partial charge in [-0.15, -0.1) is 0 Å². The SMILES string of the molecule is O=C1[C@@H]2[C@H](C(=O)N1/N=C\c1ccc(OCc3ccc(Cl)cc3Cl)cc1)[C@H]1C=C[C@H]2C12CC2. The molecular weight excluding hydrogens is 447 g/mol. The first-order valence-electron chi connectivity index (χ1n) is 10.7. The van der Waals surface area contributed by atoms with Crippen LogP contribution in [-0.2, 0) is 16.2 Å². The lowest BCUT2D eigenvalue weighted by Crippen LogP contribution is -2.30. The first-order valence-corrected chi connectivity index (χ1v) is 11.5. The Bertz CT molecular complexity index is 1150. The van der Waals surface area contributed by atoms with E-state index in [2.05, 4.69) is 17.3 Å². The Labute approximate surface area is 195 Å². The highest BCUT2D eigenvalue weighted by Crippen LogP contribution is 2.73. The third-order valence-corrected chi connectivity index (χ3v) is 8.03. The van der Waals surface area contributed by atoms with Gasteiger partial charge in [-0.3, -0.25) is 9.59 Å². The standard InChI is InChI=1S/C25H20Cl2N2O3/c26-16-4-3-15(20(27)11-16)13-32-17-5-1-14(2-6-17)12-28-29-23(30)21-18-7-8-19(22(21)24(29)31)25(18)9-10-25/h1-8,11-12,18-19,21-22H,9-10,13H2/b28-12-/t18-,19-,21-,22+/m1/s1. The van der Waals surface area contributed by atoms with Crippen LogP contribution in [-0.4, -0.2) is 23.0 Å². The summed E-state index contributed by atoms with van der Waals surface area (Å²) >= 11 is 12.1. The fourth-order valence-corrected chi connectivity index (χ4v) is 6.21. The third kappa shape index (κ3) is 2.95. The molecule has 1 saturated heterocycles. The molecule has 1 aliphatic heterocycles. The van der Waals surface area contributed by atoms with E-state index in [-0.39, 0.29) is 40.9 Å². The molecule has 0 aromatic heterocycles. The van der Waals surface area contributed by atoms with Crippen LogP contribution in [0.4, 0.5) is 0 Å². The number of benzene rings is 2. The number of hydrogen-bond donors (Lipinski definition) is 0. The van der Waals surface area contributed by atoms with E-state index >= 15 is 0 Å². The lowest BCUT2D eigenvalue weighted by Gasteiger charge is -2.18. The van der Waals surface area contributed by atoms with Crippen molar-refractivity contribution in [3.05, 3.63) is 75.8 Å². The van der Waals surface area contributed by atoms with E-state index < -0.39 is 0 Å². The number of carbonyl (C=O) groups excluding carboxylic acids is 2. The first-order chi connectivity index (χ1) is 15.5. The maximum atomic E-state index is 13.0. The Morgan fingerprint density at radius 3 is 2.25 bits per heavy atom. The van der Waals surface area contributed by atoms with Crippen LogP contribution in [0.2, 0.25) is 10.0 Å². The Morgan fingerprint density at radius 2 is 1.66 bits per heavy atom. The Kier molecular flexibility index (Phi) is 4.50. The summed E-state index contributed by atoms with van der Waals surface area (Å²) in [5.41, 5.74) is 1.82. The van der Waals surface area contributed by atoms with Crippen molar-refractivity contribution in [2.24, 2.45) is 34.2 Å². The number of imide groups is 1. The third-order valence-electron chi connectivity index (χ3n) is 7.44. The van der Waals surface area contributed by atoms with Gasteiger partial charge in [0.2, 0.25) is 0 Å². The van der Waals surface area contributed by atoms with E-state index in [0.29, 0.717) is 22.4 Å². The van der Waals surface area contributed by atoms with Crippen molar-refractivity contribution >= 4 is 41.2 Å². The number of carbonyl (C=O) groups is 2. The van der Waals surface area contributed by atoms with Crippen LogP contribution >= 0.6 is 23.2 Å². The average Bonchev–Trinajstić information content (AvgIpc) is 3.38. The fourth-order valence-electron chi connectivity index (χ4n) is 5.75. The molecule has 1 heterocycles. The number of amides is 2. The minimum Gasteiger partial charge on any atom is -0.489 e. The van der Waals surface area contributed by atoms with Gasteiger partial charge >= 0.3 is 0 Å². The molecule has 6 rings (SSSR count). The van der Waals surface area contributed by atoms with Crippen LogP contribution < -0.4 is 4.74 Å². The van der Waals surface area contributed by atoms with E-state index in [1.165, 1.54) is 0 Å². The quantitative estimate of drug-likeness (QED) is 0.349. The lowest BCUT2D eigenvalue weighted by molar-refractivity contribution is -0.141. The van der Waals surface area contributed by atoms with Gasteiger partial charge in [-0.1, -0.05) is 41.4 Å². The molecule has 2 saturated carbocycles. The number of rotatable bonds is 5. The second kappa shape index (κ2) is 7.19. The number of hydrogen-bond acceptors (Lipinski definition) is 4. The zero-order valence-corrected chi connectivity index (χ0v) is 18.6. The van der Waals surface area contributed by atoms with Crippen LogP contribution in [0.1, 0.15) is 24.0 Å². The Morgan fingerprint density at radius 1 is 1.00 bits per heavy atom. The van der Waals surface area contributed by atoms with E-state index in [9.17, 15) is 9.59 Å². The molecule has 3 aliphatic carbocycles. The van der Waals surface area contributed by atoms with Crippen molar-refractivity contribution in [1.29, 1.82) is 0 Å². The van der Waals surface area contributed by atoms with Gasteiger partial charge in [-0.2, -0.15) is 10.1 Å². The molecule has 1 spiro atoms. The molecule has 162 valence electrons. The van der Waals surface area contributed by atoms with Gasteiger partial charge in [0.1, 0.15) is 12.4 Å². The summed E-state index contributed by atoms with van der Waals surface area (Å²) in [5, 5.41) is 6.48. The van der Waals surface area contributed by atoms with E-state index in [0.717, 1.165) is 29.0 Å². The summed E-state index contributed by atoms with van der Waals surface area (Å²) in [6.45, 7) is 0.320. The van der Waals surface area contributed by atoms with Gasteiger partial charge in [-0.05, 0) is 72.1 Å². The normalized spacial score (nSPS) is 28.9. The molecule has 2 bridgehead atoms. The fraction of sp³-hybridized carbons (Fsp3) is 0.320. The number of nitrogens with zero attached hydrogens (tertiary/aromatic N) is 2. The molecule has 2 amide bonds. The van der Waals surface area contributed by atoms with Gasteiger partial charge in [-0.25, -0.2) is 0 Å². The predicted octanol–water partition coefficient (Wildman–Crippen LogP) is 5.10. The Balaban J connectivity index is 1.11. The topological polar surface area (TPSA) is 59.0 Å². The highest BCUT2D eigenvalue weighted by molar-refractivity contribution is 6.35. The molecule has 0 radical (unpaired) electrons. The number of fused-ring (bicyclic) bond motifs is 3. The minimum absolute atomic E-state index is 0.154. The molecular formula is C25H20Cl2N2O3. The molecule has 5 nitrogen and oxygen atoms in total. The zero-order valence-electron chi connectivity index (χ0n) is 17.1. The van der Waals surface area contributed by atoms with Crippen LogP contribution in [0, 0.1) is 29.1 Å². The van der Waals surface area contributed by atoms with Gasteiger partial charge in [0.15, 0.2) is 0 Å². The van der Waals surface area contributed by atoms with Crippen molar-refractivity contribution in [1.82, 2.24) is 5.01 Å². The molecule has 0 unspecified atom stereocenters. The second-order valence-electron chi connectivity index (χ2n) is 9.05. The van der Waals surface area contributed by atoms with Crippen LogP contribution in [0.25, 0.3) is 0 Å². The van der Waals surface area contributed by atoms with Crippen molar-refractivity contribution in [3.63, 3.8) is 0 Å². The first kappa shape index (κ1) is 20.0. The van der Waals surface area contributed by atoms with Crippen molar-refractivity contribution in [2.75, 3.05) is 0 Å². The monoisotopic (exact) mass is 466 g/mol. The van der Waals surface area contributed by atoms with Crippen molar-refractivity contribution in [2.45, 2.75) is 19.4 Å². The molecule has 3 fully saturated rings. The number of halogens is 2. The molecule has 2 aromatic carbocycles. The molecule has 0 N–H and O–H groups in total. The number of ether oxygens (including phenoxy) is 1. The van der Waals surface area contributed by atoms with Gasteiger partial charge in [0.05, 0.1) is 18.1 Å². The van der Waals surface area contributed by atoms with E-state index in [4.69, 9.17) is 27.9 Å². The number of allylic oxidation sites excluding steroid dienone is 2. The zero-order chi connectivity index (χ0) is 22.0. The molecule has 4 aliphatic rings. The highest BCUT2D eigenvalue weighted by atomic mass is 35.5. The van der Waals surface area contributed by atoms with Crippen LogP contribution in [0.15, 0.2) is 59.7 Å². The summed E-state index contributed by atoms with van der Waals surface area (Å²) in [7, 11) is 0. The van der Waals surface area contributed by atoms with Gasteiger partial charge < -0.3 is 4.74 Å². The van der Waals surface area contributed by atoms with Crippen LogP contribution in [0.5, 0.6) is 5.75 Å². The molecule has 32 heavy (non-hydrogen) atoms. The Hall–Kier alpha value is -2.63. The maximum absolute atomic E-state index is 13.0. The van der Waals surface area contributed by atoms with E-state index in [1.807, 2.05) is 30.3 Å². The summed E-state index contributed by atoms with van der Waals surface area (Å²) in [6, 6.07) is 12.6. The van der Waals surface area contributed by atoms with Gasteiger partial charge in [0, 0.05) is 15.6 Å². The molecule has 2 aromatic rings. The predicted molar refractivity (Wildman–Crippen MR) is 121 cm³/mol. The molecule has 7 heteroatoms. The maximum Gasteiger partial charge on any atom is 0.254 e. The average molecular weight is 467 g/mol. The second-order valence-corrected chi connectivity index (χ2v) is 9.89. The highest BCUT2D eigenvalue weighted by Gasteiger charge is 2.73. The van der Waals surface area contributed by atoms with Crippen LogP contribution in [0.3, 0.4) is 0 Å². The van der Waals surface area contributed by atoms with Crippen molar-refractivity contribution < 1.29 is 14.3 Å². The summed E-state index contributed by atoms with van der Waals surface area (Å²) in [4.78, 5) is 25.9. The molecule has 4 atom stereocenters. The summed E-state index contributed by atoms with van der Waals surface area (Å²) < 4.78 is 5.79. The van der Waals surface area contributed by atoms with Gasteiger partial charge in [0.25, 0.3) is 11.8 Å². The smallest absolute Gasteiger partial charge is 0.254 e. The lowest BCUT2D eigenvalue weighted by atomic mass is 9.85.